The molecular weight excluding hydrogens is 438 g/mol. The Balaban J connectivity index is 1.45. The maximum absolute atomic E-state index is 13.0. The molecule has 0 spiro atoms. The Hall–Kier alpha value is -3.66. The predicted octanol–water partition coefficient (Wildman–Crippen LogP) is 2.68. The van der Waals surface area contributed by atoms with Crippen molar-refractivity contribution in [2.24, 2.45) is 10.3 Å². The SMILES string of the molecule is CCOc1ccc(N2C(=O)[C@H]3N=NN(CC(=O)Nc4ccc(OC)c(Cl)c4)[C@H]3C2=O)cc1. The summed E-state index contributed by atoms with van der Waals surface area (Å²) in [5, 5.41) is 12.0. The normalized spacial score (nSPS) is 19.3. The van der Waals surface area contributed by atoms with Crippen molar-refractivity contribution in [2.45, 2.75) is 19.0 Å². The van der Waals surface area contributed by atoms with Crippen LogP contribution in [0.25, 0.3) is 0 Å². The van der Waals surface area contributed by atoms with E-state index in [0.29, 0.717) is 34.5 Å². The van der Waals surface area contributed by atoms with E-state index in [-0.39, 0.29) is 6.54 Å². The van der Waals surface area contributed by atoms with E-state index in [1.807, 2.05) is 6.92 Å². The number of ether oxygens (including phenoxy) is 2. The molecule has 1 fully saturated rings. The summed E-state index contributed by atoms with van der Waals surface area (Å²) in [5.74, 6) is -0.310. The fourth-order valence-electron chi connectivity index (χ4n) is 3.56. The lowest BCUT2D eigenvalue weighted by Gasteiger charge is -2.20. The van der Waals surface area contributed by atoms with Gasteiger partial charge in [0.2, 0.25) is 5.91 Å². The lowest BCUT2D eigenvalue weighted by Crippen LogP contribution is -2.43. The van der Waals surface area contributed by atoms with Gasteiger partial charge in [-0.2, -0.15) is 5.11 Å². The minimum atomic E-state index is -0.989. The molecule has 10 nitrogen and oxygen atoms in total. The number of amides is 3. The predicted molar refractivity (Wildman–Crippen MR) is 116 cm³/mol. The maximum atomic E-state index is 13.0. The Labute approximate surface area is 188 Å². The number of carbonyl (C=O) groups is 3. The first-order valence-electron chi connectivity index (χ1n) is 9.84. The van der Waals surface area contributed by atoms with Crippen molar-refractivity contribution in [3.05, 3.63) is 47.5 Å². The van der Waals surface area contributed by atoms with E-state index in [1.165, 1.54) is 12.1 Å². The fourth-order valence-corrected chi connectivity index (χ4v) is 3.82. The number of benzene rings is 2. The second kappa shape index (κ2) is 8.83. The molecule has 2 heterocycles. The average Bonchev–Trinajstić information content (AvgIpc) is 3.28. The summed E-state index contributed by atoms with van der Waals surface area (Å²) in [4.78, 5) is 39.4. The minimum Gasteiger partial charge on any atom is -0.495 e. The number of anilines is 2. The molecule has 1 N–H and O–H groups in total. The maximum Gasteiger partial charge on any atom is 0.263 e. The van der Waals surface area contributed by atoms with Crippen LogP contribution in [0, 0.1) is 0 Å². The van der Waals surface area contributed by atoms with Crippen LogP contribution in [0.2, 0.25) is 5.02 Å². The first kappa shape index (κ1) is 21.6. The zero-order chi connectivity index (χ0) is 22.8. The molecule has 11 heteroatoms. The third-order valence-electron chi connectivity index (χ3n) is 5.00. The van der Waals surface area contributed by atoms with Crippen molar-refractivity contribution in [3.63, 3.8) is 0 Å². The van der Waals surface area contributed by atoms with Crippen LogP contribution in [-0.2, 0) is 14.4 Å². The zero-order valence-corrected chi connectivity index (χ0v) is 18.1. The highest BCUT2D eigenvalue weighted by molar-refractivity contribution is 6.32. The number of rotatable bonds is 7. The molecule has 3 amide bonds. The number of halogens is 1. The smallest absolute Gasteiger partial charge is 0.263 e. The molecule has 0 aliphatic carbocycles. The molecule has 1 saturated heterocycles. The summed E-state index contributed by atoms with van der Waals surface area (Å²) in [6, 6.07) is 9.46. The Morgan fingerprint density at radius 1 is 1.16 bits per heavy atom. The van der Waals surface area contributed by atoms with Gasteiger partial charge < -0.3 is 14.8 Å². The van der Waals surface area contributed by atoms with Gasteiger partial charge in [0, 0.05) is 5.69 Å². The van der Waals surface area contributed by atoms with Gasteiger partial charge in [-0.15, -0.1) is 0 Å². The van der Waals surface area contributed by atoms with Crippen LogP contribution in [0.15, 0.2) is 52.8 Å². The van der Waals surface area contributed by atoms with E-state index >= 15 is 0 Å². The van der Waals surface area contributed by atoms with Gasteiger partial charge >= 0.3 is 0 Å². The quantitative estimate of drug-likeness (QED) is 0.639. The van der Waals surface area contributed by atoms with Gasteiger partial charge in [0.1, 0.15) is 18.0 Å². The van der Waals surface area contributed by atoms with E-state index in [2.05, 4.69) is 15.7 Å². The lowest BCUT2D eigenvalue weighted by atomic mass is 10.1. The van der Waals surface area contributed by atoms with Gasteiger partial charge in [0.15, 0.2) is 12.1 Å². The van der Waals surface area contributed by atoms with Crippen LogP contribution in [0.5, 0.6) is 11.5 Å². The van der Waals surface area contributed by atoms with Crippen molar-refractivity contribution in [3.8, 4) is 11.5 Å². The molecule has 0 bridgehead atoms. The van der Waals surface area contributed by atoms with Crippen LogP contribution in [0.4, 0.5) is 11.4 Å². The number of fused-ring (bicyclic) bond motifs is 1. The average molecular weight is 458 g/mol. The molecule has 2 atom stereocenters. The first-order chi connectivity index (χ1) is 15.4. The van der Waals surface area contributed by atoms with Crippen molar-refractivity contribution in [2.75, 3.05) is 30.5 Å². The number of methoxy groups -OCH3 is 1. The molecule has 0 unspecified atom stereocenters. The van der Waals surface area contributed by atoms with Crippen molar-refractivity contribution < 1.29 is 23.9 Å². The number of hydrogen-bond acceptors (Lipinski definition) is 8. The van der Waals surface area contributed by atoms with E-state index < -0.39 is 29.8 Å². The van der Waals surface area contributed by atoms with Crippen molar-refractivity contribution in [1.82, 2.24) is 5.01 Å². The van der Waals surface area contributed by atoms with Gasteiger partial charge in [-0.3, -0.25) is 19.4 Å². The molecule has 0 radical (unpaired) electrons. The van der Waals surface area contributed by atoms with E-state index in [0.717, 1.165) is 4.90 Å². The Bertz CT molecular complexity index is 1090. The first-order valence-corrected chi connectivity index (χ1v) is 10.2. The summed E-state index contributed by atoms with van der Waals surface area (Å²) in [6.07, 6.45) is 0. The monoisotopic (exact) mass is 457 g/mol. The minimum absolute atomic E-state index is 0.259. The number of imide groups is 1. The van der Waals surface area contributed by atoms with Gasteiger partial charge in [0.05, 0.1) is 24.4 Å². The van der Waals surface area contributed by atoms with Crippen molar-refractivity contribution >= 4 is 40.7 Å². The Morgan fingerprint density at radius 3 is 2.56 bits per heavy atom. The fraction of sp³-hybridized carbons (Fsp3) is 0.286. The molecule has 2 aromatic carbocycles. The van der Waals surface area contributed by atoms with E-state index in [1.54, 1.807) is 42.5 Å². The summed E-state index contributed by atoms with van der Waals surface area (Å²) in [7, 11) is 1.49. The summed E-state index contributed by atoms with van der Waals surface area (Å²) < 4.78 is 10.5. The summed E-state index contributed by atoms with van der Waals surface area (Å²) in [5.41, 5.74) is 0.864. The van der Waals surface area contributed by atoms with E-state index in [9.17, 15) is 14.4 Å². The third kappa shape index (κ3) is 3.96. The molecule has 4 rings (SSSR count). The second-order valence-electron chi connectivity index (χ2n) is 7.03. The summed E-state index contributed by atoms with van der Waals surface area (Å²) >= 11 is 6.08. The number of carbonyl (C=O) groups excluding carboxylic acids is 3. The third-order valence-corrected chi connectivity index (χ3v) is 5.30. The number of nitrogens with one attached hydrogen (secondary N) is 1. The standard InChI is InChI=1S/C21H20ClN5O5/c1-3-32-14-7-5-13(6-8-14)27-20(29)18-19(21(27)30)26(25-24-18)11-17(28)23-12-4-9-16(31-2)15(22)10-12/h4-10,18-19H,3,11H2,1-2H3,(H,23,28)/t18-,19+/m0/s1. The largest absolute Gasteiger partial charge is 0.495 e. The molecule has 2 aliphatic heterocycles. The highest BCUT2D eigenvalue weighted by Crippen LogP contribution is 2.33. The highest BCUT2D eigenvalue weighted by atomic mass is 35.5. The second-order valence-corrected chi connectivity index (χ2v) is 7.44. The van der Waals surface area contributed by atoms with E-state index in [4.69, 9.17) is 21.1 Å². The molecule has 32 heavy (non-hydrogen) atoms. The molecular formula is C21H20ClN5O5. The molecule has 166 valence electrons. The van der Waals surface area contributed by atoms with Gasteiger partial charge in [-0.25, -0.2) is 4.90 Å². The van der Waals surface area contributed by atoms with Gasteiger partial charge in [-0.1, -0.05) is 16.8 Å². The lowest BCUT2D eigenvalue weighted by molar-refractivity contribution is -0.123. The number of nitrogens with zero attached hydrogens (tertiary/aromatic N) is 4. The highest BCUT2D eigenvalue weighted by Gasteiger charge is 2.55. The summed E-state index contributed by atoms with van der Waals surface area (Å²) in [6.45, 7) is 2.11. The van der Waals surface area contributed by atoms with Crippen LogP contribution in [0.1, 0.15) is 6.92 Å². The van der Waals surface area contributed by atoms with Crippen molar-refractivity contribution in [1.29, 1.82) is 0 Å². The molecule has 2 aliphatic rings. The van der Waals surface area contributed by atoms with Gasteiger partial charge in [-0.05, 0) is 49.4 Å². The van der Waals surface area contributed by atoms with Crippen LogP contribution >= 0.6 is 11.6 Å². The molecule has 2 aromatic rings. The number of hydrogen-bond donors (Lipinski definition) is 1. The van der Waals surface area contributed by atoms with Crippen LogP contribution < -0.4 is 19.7 Å². The van der Waals surface area contributed by atoms with Crippen LogP contribution in [0.3, 0.4) is 0 Å². The molecule has 0 saturated carbocycles. The Morgan fingerprint density at radius 2 is 1.91 bits per heavy atom. The van der Waals surface area contributed by atoms with Gasteiger partial charge in [0.25, 0.3) is 11.8 Å². The van der Waals surface area contributed by atoms with Crippen LogP contribution in [-0.4, -0.2) is 55.1 Å². The zero-order valence-electron chi connectivity index (χ0n) is 17.3. The Kier molecular flexibility index (Phi) is 5.95. The molecule has 0 aromatic heterocycles. The topological polar surface area (TPSA) is 113 Å².